The number of carbonyl (C=O) groups excluding carboxylic acids is 3. The fourth-order valence-corrected chi connectivity index (χ4v) is 3.05. The minimum atomic E-state index is -1.61. The van der Waals surface area contributed by atoms with E-state index in [1.54, 1.807) is 0 Å². The van der Waals surface area contributed by atoms with E-state index in [-0.39, 0.29) is 31.1 Å². The number of hydrogen-bond donors (Lipinski definition) is 10. The first kappa shape index (κ1) is 31.9. The Morgan fingerprint density at radius 3 is 1.91 bits per heavy atom. The van der Waals surface area contributed by atoms with E-state index in [9.17, 15) is 24.0 Å². The molecule has 0 aromatic heterocycles. The summed E-state index contributed by atoms with van der Waals surface area (Å²) >= 11 is 3.83. The molecule has 0 aliphatic heterocycles. The van der Waals surface area contributed by atoms with Crippen molar-refractivity contribution >= 4 is 48.2 Å². The van der Waals surface area contributed by atoms with Gasteiger partial charge in [-0.05, 0) is 32.2 Å². The van der Waals surface area contributed by atoms with Crippen LogP contribution in [0.15, 0.2) is 4.99 Å². The number of aliphatic imine (C=N–C) groups is 1. The molecule has 3 amide bonds. The molecule has 0 fully saturated rings. The maximum Gasteiger partial charge on any atom is 0.327 e. The van der Waals surface area contributed by atoms with Gasteiger partial charge in [0.05, 0.1) is 12.5 Å². The van der Waals surface area contributed by atoms with Crippen LogP contribution in [0.4, 0.5) is 0 Å². The third-order valence-electron chi connectivity index (χ3n) is 4.69. The molecule has 4 unspecified atom stereocenters. The smallest absolute Gasteiger partial charge is 0.327 e. The highest BCUT2D eigenvalue weighted by Gasteiger charge is 2.31. The number of carboxylic acids is 2. The second kappa shape index (κ2) is 17.3. The minimum absolute atomic E-state index is 0.0413. The van der Waals surface area contributed by atoms with Crippen LogP contribution in [0, 0.1) is 0 Å². The molecule has 0 aromatic rings. The first-order valence-corrected chi connectivity index (χ1v) is 11.5. The van der Waals surface area contributed by atoms with Crippen LogP contribution in [0.3, 0.4) is 0 Å². The number of thiol groups is 1. The second-order valence-corrected chi connectivity index (χ2v) is 8.01. The number of aliphatic carboxylic acids is 2. The lowest BCUT2D eigenvalue weighted by atomic mass is 10.1. The summed E-state index contributed by atoms with van der Waals surface area (Å²) in [6.45, 7) is 0.582. The molecule has 0 saturated carbocycles. The van der Waals surface area contributed by atoms with Crippen LogP contribution >= 0.6 is 12.6 Å². The zero-order valence-electron chi connectivity index (χ0n) is 19.3. The van der Waals surface area contributed by atoms with Gasteiger partial charge in [-0.1, -0.05) is 6.42 Å². The van der Waals surface area contributed by atoms with Gasteiger partial charge in [0.2, 0.25) is 17.7 Å². The Bertz CT molecular complexity index is 763. The lowest BCUT2D eigenvalue weighted by Crippen LogP contribution is -2.57. The Morgan fingerprint density at radius 1 is 0.829 bits per heavy atom. The van der Waals surface area contributed by atoms with Crippen LogP contribution in [0.2, 0.25) is 0 Å². The van der Waals surface area contributed by atoms with Crippen molar-refractivity contribution in [3.63, 3.8) is 0 Å². The largest absolute Gasteiger partial charge is 0.481 e. The lowest BCUT2D eigenvalue weighted by molar-refractivity contribution is -0.143. The number of nitrogens with one attached hydrogen (secondary N) is 3. The third-order valence-corrected chi connectivity index (χ3v) is 5.06. The number of carboxylic acid groups (broad SMARTS) is 2. The highest BCUT2D eigenvalue weighted by Crippen LogP contribution is 2.05. The Labute approximate surface area is 208 Å². The van der Waals surface area contributed by atoms with Crippen molar-refractivity contribution in [2.45, 2.75) is 62.7 Å². The summed E-state index contributed by atoms with van der Waals surface area (Å²) in [6, 6.07) is -5.13. The number of nitrogens with zero attached hydrogens (tertiary/aromatic N) is 1. The molecule has 0 aliphatic rings. The standard InChI is InChI=1S/C19H36N8O7S/c20-6-2-1-4-10(21)15(30)25-11(5-3-7-24-19(22)23)16(31)26-12(8-14(28)29)17(32)27-13(9-35)18(33)34/h10-13,35H,1-9,20-21H2,(H,25,30)(H,26,31)(H,27,32)(H,28,29)(H,33,34)(H4,22,23,24). The molecule has 35 heavy (non-hydrogen) atoms. The lowest BCUT2D eigenvalue weighted by Gasteiger charge is -2.24. The van der Waals surface area contributed by atoms with E-state index in [0.717, 1.165) is 0 Å². The van der Waals surface area contributed by atoms with Crippen molar-refractivity contribution < 1.29 is 34.2 Å². The van der Waals surface area contributed by atoms with Crippen molar-refractivity contribution in [1.82, 2.24) is 16.0 Å². The molecule has 0 aliphatic carbocycles. The van der Waals surface area contributed by atoms with Crippen molar-refractivity contribution in [1.29, 1.82) is 0 Å². The fourth-order valence-electron chi connectivity index (χ4n) is 2.80. The fraction of sp³-hybridized carbons (Fsp3) is 0.684. The quantitative estimate of drug-likeness (QED) is 0.0365. The molecule has 200 valence electrons. The number of amides is 3. The number of guanidine groups is 1. The van der Waals surface area contributed by atoms with Crippen LogP contribution in [0.25, 0.3) is 0 Å². The zero-order chi connectivity index (χ0) is 27.0. The Kier molecular flexibility index (Phi) is 15.8. The molecule has 0 bridgehead atoms. The average Bonchev–Trinajstić information content (AvgIpc) is 2.77. The molecular formula is C19H36N8O7S. The molecule has 0 heterocycles. The van der Waals surface area contributed by atoms with Gasteiger partial charge in [-0.3, -0.25) is 24.2 Å². The van der Waals surface area contributed by atoms with Gasteiger partial charge in [0, 0.05) is 12.3 Å². The van der Waals surface area contributed by atoms with Crippen LogP contribution in [-0.4, -0.2) is 88.8 Å². The number of unbranched alkanes of at least 4 members (excludes halogenated alkanes) is 1. The van der Waals surface area contributed by atoms with Crippen LogP contribution in [-0.2, 0) is 24.0 Å². The summed E-state index contributed by atoms with van der Waals surface area (Å²) in [5.41, 5.74) is 21.8. The predicted molar refractivity (Wildman–Crippen MR) is 130 cm³/mol. The summed E-state index contributed by atoms with van der Waals surface area (Å²) < 4.78 is 0. The molecule has 4 atom stereocenters. The Morgan fingerprint density at radius 2 is 1.40 bits per heavy atom. The van der Waals surface area contributed by atoms with Crippen molar-refractivity contribution in [3.05, 3.63) is 0 Å². The van der Waals surface area contributed by atoms with E-state index in [1.165, 1.54) is 0 Å². The zero-order valence-corrected chi connectivity index (χ0v) is 20.2. The van der Waals surface area contributed by atoms with E-state index in [4.69, 9.17) is 33.1 Å². The summed E-state index contributed by atoms with van der Waals surface area (Å²) in [5.74, 6) is -5.75. The summed E-state index contributed by atoms with van der Waals surface area (Å²) in [4.78, 5) is 64.0. The van der Waals surface area contributed by atoms with Gasteiger partial charge in [-0.2, -0.15) is 12.6 Å². The molecule has 13 N–H and O–H groups in total. The SMILES string of the molecule is NCCCCC(N)C(=O)NC(CCCN=C(N)N)C(=O)NC(CC(=O)O)C(=O)NC(CS)C(=O)O. The second-order valence-electron chi connectivity index (χ2n) is 7.64. The average molecular weight is 521 g/mol. The summed E-state index contributed by atoms with van der Waals surface area (Å²) in [6.07, 6.45) is 1.07. The van der Waals surface area contributed by atoms with E-state index >= 15 is 0 Å². The van der Waals surface area contributed by atoms with E-state index in [0.29, 0.717) is 25.8 Å². The minimum Gasteiger partial charge on any atom is -0.481 e. The molecule has 0 spiro atoms. The van der Waals surface area contributed by atoms with Crippen LogP contribution < -0.4 is 38.9 Å². The highest BCUT2D eigenvalue weighted by atomic mass is 32.1. The van der Waals surface area contributed by atoms with Gasteiger partial charge < -0.3 is 49.1 Å². The Hall–Kier alpha value is -3.11. The van der Waals surface area contributed by atoms with Gasteiger partial charge in [-0.15, -0.1) is 0 Å². The number of hydrogen-bond acceptors (Lipinski definition) is 9. The number of carbonyl (C=O) groups is 5. The summed E-state index contributed by atoms with van der Waals surface area (Å²) in [5, 5.41) is 25.1. The molecule has 0 saturated heterocycles. The number of nitrogens with two attached hydrogens (primary N) is 4. The van der Waals surface area contributed by atoms with Crippen molar-refractivity contribution in [2.24, 2.45) is 27.9 Å². The molecule has 0 rings (SSSR count). The van der Waals surface area contributed by atoms with Crippen molar-refractivity contribution in [2.75, 3.05) is 18.8 Å². The summed E-state index contributed by atoms with van der Waals surface area (Å²) in [7, 11) is 0. The molecule has 0 radical (unpaired) electrons. The predicted octanol–water partition coefficient (Wildman–Crippen LogP) is -3.56. The van der Waals surface area contributed by atoms with E-state index in [1.807, 2.05) is 0 Å². The molecular weight excluding hydrogens is 484 g/mol. The normalized spacial score (nSPS) is 14.0. The molecule has 16 heteroatoms. The monoisotopic (exact) mass is 520 g/mol. The first-order valence-electron chi connectivity index (χ1n) is 10.9. The Balaban J connectivity index is 5.49. The topological polar surface area (TPSA) is 278 Å². The van der Waals surface area contributed by atoms with Crippen LogP contribution in [0.1, 0.15) is 38.5 Å². The van der Waals surface area contributed by atoms with Gasteiger partial charge >= 0.3 is 11.9 Å². The molecule has 0 aromatic carbocycles. The van der Waals surface area contributed by atoms with Gasteiger partial charge in [0.25, 0.3) is 0 Å². The van der Waals surface area contributed by atoms with Gasteiger partial charge in [0.15, 0.2) is 5.96 Å². The van der Waals surface area contributed by atoms with Gasteiger partial charge in [-0.25, -0.2) is 4.79 Å². The maximum atomic E-state index is 12.9. The van der Waals surface area contributed by atoms with E-state index in [2.05, 4.69) is 33.6 Å². The third kappa shape index (κ3) is 14.0. The number of rotatable bonds is 18. The highest BCUT2D eigenvalue weighted by molar-refractivity contribution is 7.80. The first-order chi connectivity index (χ1) is 16.4. The maximum absolute atomic E-state index is 12.9. The van der Waals surface area contributed by atoms with E-state index < -0.39 is 60.2 Å². The van der Waals surface area contributed by atoms with Crippen molar-refractivity contribution in [3.8, 4) is 0 Å². The molecule has 15 nitrogen and oxygen atoms in total. The van der Waals surface area contributed by atoms with Crippen LogP contribution in [0.5, 0.6) is 0 Å². The van der Waals surface area contributed by atoms with Gasteiger partial charge in [0.1, 0.15) is 18.1 Å².